The molecule has 0 atom stereocenters. The third-order valence-electron chi connectivity index (χ3n) is 8.78. The number of rotatable bonds is 8. The van der Waals surface area contributed by atoms with Crippen LogP contribution < -0.4 is 9.64 Å². The Kier molecular flexibility index (Phi) is 9.14. The molecule has 0 aromatic carbocycles. The Morgan fingerprint density at radius 2 is 1.72 bits per heavy atom. The number of hydrogen-bond acceptors (Lipinski definition) is 10. The SMILES string of the molecule is COc1ncc(-c2cnc(N(C(=O)N3CC(OC)C3)C3CCC(Cc4ncc(C(C)(C)C)c(-c5[nH]ncc5Cl)n4)CC3)cn2)cn1. The normalized spacial score (nSPS) is 18.7. The van der Waals surface area contributed by atoms with E-state index in [0.717, 1.165) is 49.2 Å². The second-order valence-electron chi connectivity index (χ2n) is 12.9. The molecule has 1 N–H and O–H groups in total. The van der Waals surface area contributed by atoms with Gasteiger partial charge in [-0.2, -0.15) is 5.10 Å². The molecule has 0 unspecified atom stereocenters. The van der Waals surface area contributed by atoms with Gasteiger partial charge in [0, 0.05) is 49.3 Å². The third-order valence-corrected chi connectivity index (χ3v) is 9.07. The monoisotopic (exact) mass is 646 g/mol. The molecule has 13 nitrogen and oxygen atoms in total. The van der Waals surface area contributed by atoms with Crippen LogP contribution in [0.2, 0.25) is 5.02 Å². The van der Waals surface area contributed by atoms with E-state index in [1.54, 1.807) is 43.0 Å². The van der Waals surface area contributed by atoms with Crippen molar-refractivity contribution in [3.8, 4) is 28.7 Å². The first-order valence-corrected chi connectivity index (χ1v) is 15.9. The van der Waals surface area contributed by atoms with Crippen LogP contribution in [0.4, 0.5) is 10.6 Å². The first kappa shape index (κ1) is 31.7. The number of methoxy groups -OCH3 is 2. The molecule has 1 aliphatic heterocycles. The van der Waals surface area contributed by atoms with Crippen molar-refractivity contribution < 1.29 is 14.3 Å². The van der Waals surface area contributed by atoms with Crippen molar-refractivity contribution in [2.45, 2.75) is 70.4 Å². The Hall–Kier alpha value is -4.23. The van der Waals surface area contributed by atoms with E-state index < -0.39 is 0 Å². The zero-order chi connectivity index (χ0) is 32.4. The molecule has 1 saturated heterocycles. The van der Waals surface area contributed by atoms with Gasteiger partial charge in [-0.05, 0) is 37.0 Å². The lowest BCUT2D eigenvalue weighted by molar-refractivity contribution is -0.00673. The molecule has 6 rings (SSSR count). The lowest BCUT2D eigenvalue weighted by atomic mass is 9.83. The van der Waals surface area contributed by atoms with E-state index in [4.69, 9.17) is 31.0 Å². The summed E-state index contributed by atoms with van der Waals surface area (Å²) in [5.41, 5.74) is 3.66. The zero-order valence-electron chi connectivity index (χ0n) is 26.8. The third kappa shape index (κ3) is 6.66. The number of aromatic nitrogens is 8. The van der Waals surface area contributed by atoms with Gasteiger partial charge in [-0.3, -0.25) is 15.0 Å². The smallest absolute Gasteiger partial charge is 0.326 e. The fourth-order valence-electron chi connectivity index (χ4n) is 6.04. The first-order valence-electron chi connectivity index (χ1n) is 15.5. The number of carbonyl (C=O) groups excluding carboxylic acids is 1. The van der Waals surface area contributed by atoms with Crippen LogP contribution in [0.15, 0.2) is 37.2 Å². The summed E-state index contributed by atoms with van der Waals surface area (Å²) in [6.07, 6.45) is 14.4. The fraction of sp³-hybridized carbons (Fsp3) is 0.500. The van der Waals surface area contributed by atoms with Crippen LogP contribution in [-0.4, -0.2) is 90.5 Å². The lowest BCUT2D eigenvalue weighted by Gasteiger charge is -2.44. The second-order valence-corrected chi connectivity index (χ2v) is 13.3. The van der Waals surface area contributed by atoms with Crippen LogP contribution in [0.3, 0.4) is 0 Å². The van der Waals surface area contributed by atoms with Crippen LogP contribution in [0.5, 0.6) is 6.01 Å². The quantitative estimate of drug-likeness (QED) is 0.273. The van der Waals surface area contributed by atoms with Gasteiger partial charge in [-0.25, -0.2) is 29.7 Å². The van der Waals surface area contributed by atoms with E-state index in [-0.39, 0.29) is 29.6 Å². The standard InChI is InChI=1S/C32H39ClN10O3/c1-32(2,3)23-13-35-26(40-28(23)29-24(33)14-39-41-29)10-19-6-8-21(9-7-19)43(31(44)42-17-22(18-42)45-4)27-16-34-25(15-36-27)20-11-37-30(46-5)38-12-20/h11-16,19,21-22H,6-10,17-18H2,1-5H3,(H,39,41). The summed E-state index contributed by atoms with van der Waals surface area (Å²) in [5.74, 6) is 1.68. The van der Waals surface area contributed by atoms with Crippen molar-refractivity contribution >= 4 is 23.4 Å². The van der Waals surface area contributed by atoms with E-state index in [1.165, 1.54) is 7.11 Å². The second kappa shape index (κ2) is 13.2. The highest BCUT2D eigenvalue weighted by Gasteiger charge is 2.39. The van der Waals surface area contributed by atoms with Gasteiger partial charge in [0.15, 0.2) is 5.82 Å². The molecule has 2 fully saturated rings. The van der Waals surface area contributed by atoms with Crippen LogP contribution >= 0.6 is 11.6 Å². The molecule has 4 aromatic rings. The number of carbonyl (C=O) groups is 1. The summed E-state index contributed by atoms with van der Waals surface area (Å²) in [6, 6.07) is 0.188. The Morgan fingerprint density at radius 3 is 2.30 bits per heavy atom. The largest absolute Gasteiger partial charge is 0.467 e. The number of H-pyrrole nitrogens is 1. The Labute approximate surface area is 273 Å². The number of likely N-dealkylation sites (tertiary alicyclic amines) is 1. The number of nitrogens with one attached hydrogen (secondary N) is 1. The number of amides is 2. The summed E-state index contributed by atoms with van der Waals surface area (Å²) in [5, 5.41) is 7.65. The Bertz CT molecular complexity index is 1640. The summed E-state index contributed by atoms with van der Waals surface area (Å²) in [4.78, 5) is 44.8. The van der Waals surface area contributed by atoms with Gasteiger partial charge < -0.3 is 14.4 Å². The van der Waals surface area contributed by atoms with Crippen LogP contribution in [-0.2, 0) is 16.6 Å². The average molecular weight is 647 g/mol. The Morgan fingerprint density at radius 1 is 0.978 bits per heavy atom. The molecule has 0 radical (unpaired) electrons. The topological polar surface area (TPSA) is 148 Å². The van der Waals surface area contributed by atoms with Gasteiger partial charge in [-0.1, -0.05) is 32.4 Å². The number of nitrogens with zero attached hydrogens (tertiary/aromatic N) is 9. The van der Waals surface area contributed by atoms with E-state index in [1.807, 2.05) is 11.1 Å². The van der Waals surface area contributed by atoms with Crippen molar-refractivity contribution in [1.29, 1.82) is 0 Å². The summed E-state index contributed by atoms with van der Waals surface area (Å²) < 4.78 is 10.5. The molecule has 1 saturated carbocycles. The van der Waals surface area contributed by atoms with Crippen molar-refractivity contribution in [2.24, 2.45) is 5.92 Å². The number of halogens is 1. The zero-order valence-corrected chi connectivity index (χ0v) is 27.5. The molecule has 2 amide bonds. The fourth-order valence-corrected chi connectivity index (χ4v) is 6.23. The number of urea groups is 1. The minimum atomic E-state index is -0.167. The molecule has 0 bridgehead atoms. The van der Waals surface area contributed by atoms with Crippen molar-refractivity contribution in [3.63, 3.8) is 0 Å². The number of ether oxygens (including phenoxy) is 2. The summed E-state index contributed by atoms with van der Waals surface area (Å²) >= 11 is 6.45. The predicted molar refractivity (Wildman–Crippen MR) is 173 cm³/mol. The molecule has 2 aliphatic rings. The minimum Gasteiger partial charge on any atom is -0.467 e. The van der Waals surface area contributed by atoms with Crippen LogP contribution in [0.25, 0.3) is 22.6 Å². The maximum atomic E-state index is 13.8. The maximum absolute atomic E-state index is 13.8. The van der Waals surface area contributed by atoms with Crippen molar-refractivity contribution in [2.75, 3.05) is 32.2 Å². The molecular formula is C32H39ClN10O3. The molecule has 5 heterocycles. The van der Waals surface area contributed by atoms with Crippen LogP contribution in [0, 0.1) is 5.92 Å². The number of hydrogen-bond donors (Lipinski definition) is 1. The highest BCUT2D eigenvalue weighted by Crippen LogP contribution is 2.36. The summed E-state index contributed by atoms with van der Waals surface area (Å²) in [6.45, 7) is 7.51. The van der Waals surface area contributed by atoms with Gasteiger partial charge in [0.1, 0.15) is 11.5 Å². The predicted octanol–water partition coefficient (Wildman–Crippen LogP) is 5.13. The van der Waals surface area contributed by atoms with Gasteiger partial charge in [0.05, 0.1) is 61.3 Å². The maximum Gasteiger partial charge on any atom is 0.326 e. The minimum absolute atomic E-state index is 0.0154. The molecule has 14 heteroatoms. The lowest BCUT2D eigenvalue weighted by Crippen LogP contribution is -2.60. The van der Waals surface area contributed by atoms with Gasteiger partial charge in [-0.15, -0.1) is 0 Å². The van der Waals surface area contributed by atoms with Gasteiger partial charge in [0.25, 0.3) is 0 Å². The highest BCUT2D eigenvalue weighted by molar-refractivity contribution is 6.32. The van der Waals surface area contributed by atoms with Crippen LogP contribution in [0.1, 0.15) is 57.8 Å². The molecule has 46 heavy (non-hydrogen) atoms. The van der Waals surface area contributed by atoms with Gasteiger partial charge >= 0.3 is 12.0 Å². The number of anilines is 1. The molecular weight excluding hydrogens is 608 g/mol. The Balaban J connectivity index is 1.18. The van der Waals surface area contributed by atoms with Crippen molar-refractivity contribution in [3.05, 3.63) is 53.6 Å². The van der Waals surface area contributed by atoms with E-state index >= 15 is 0 Å². The van der Waals surface area contributed by atoms with E-state index in [0.29, 0.717) is 46.8 Å². The average Bonchev–Trinajstić information content (AvgIpc) is 3.47. The van der Waals surface area contributed by atoms with Gasteiger partial charge in [0.2, 0.25) is 0 Å². The molecule has 0 spiro atoms. The molecule has 1 aliphatic carbocycles. The van der Waals surface area contributed by atoms with E-state index in [9.17, 15) is 4.79 Å². The molecule has 4 aromatic heterocycles. The highest BCUT2D eigenvalue weighted by atomic mass is 35.5. The number of aromatic amines is 1. The van der Waals surface area contributed by atoms with Crippen molar-refractivity contribution in [1.82, 2.24) is 45.0 Å². The first-order chi connectivity index (χ1) is 22.1. The van der Waals surface area contributed by atoms with E-state index in [2.05, 4.69) is 50.9 Å². The molecule has 242 valence electrons. The summed E-state index contributed by atoms with van der Waals surface area (Å²) in [7, 11) is 3.19.